The van der Waals surface area contributed by atoms with Gasteiger partial charge in [-0.1, -0.05) is 0 Å². The maximum absolute atomic E-state index is 11.5. The van der Waals surface area contributed by atoms with E-state index in [4.69, 9.17) is 4.42 Å². The Balaban J connectivity index is 2.49. The lowest BCUT2D eigenvalue weighted by Crippen LogP contribution is -2.10. The summed E-state index contributed by atoms with van der Waals surface area (Å²) in [7, 11) is 0. The van der Waals surface area contributed by atoms with E-state index in [9.17, 15) is 9.59 Å². The van der Waals surface area contributed by atoms with E-state index in [0.717, 1.165) is 11.1 Å². The van der Waals surface area contributed by atoms with Gasteiger partial charge >= 0.3 is 0 Å². The SMILES string of the molecule is Cc1cc2nc(C(CC(=O)S)C(=O)S)oc2cc1C. The molecule has 0 N–H and O–H groups in total. The predicted molar refractivity (Wildman–Crippen MR) is 78.8 cm³/mol. The molecule has 0 amide bonds. The molecular formula is C13H13NO3S2. The van der Waals surface area contributed by atoms with Gasteiger partial charge in [0.25, 0.3) is 0 Å². The Morgan fingerprint density at radius 1 is 1.26 bits per heavy atom. The molecule has 2 aromatic rings. The van der Waals surface area contributed by atoms with Crippen molar-refractivity contribution in [2.24, 2.45) is 0 Å². The van der Waals surface area contributed by atoms with Gasteiger partial charge in [-0.25, -0.2) is 4.98 Å². The van der Waals surface area contributed by atoms with Crippen LogP contribution in [0.25, 0.3) is 11.1 Å². The van der Waals surface area contributed by atoms with Crippen molar-refractivity contribution < 1.29 is 14.0 Å². The third-order valence-electron chi connectivity index (χ3n) is 3.00. The fraction of sp³-hybridized carbons (Fsp3) is 0.308. The summed E-state index contributed by atoms with van der Waals surface area (Å²) in [6.07, 6.45) is -0.0732. The highest BCUT2D eigenvalue weighted by atomic mass is 32.1. The first kappa shape index (κ1) is 14.1. The average Bonchev–Trinajstić information content (AvgIpc) is 2.68. The van der Waals surface area contributed by atoms with E-state index in [1.54, 1.807) is 0 Å². The van der Waals surface area contributed by atoms with Crippen molar-refractivity contribution in [3.63, 3.8) is 0 Å². The molecule has 6 heteroatoms. The Morgan fingerprint density at radius 3 is 2.47 bits per heavy atom. The number of nitrogens with zero attached hydrogens (tertiary/aromatic N) is 1. The molecule has 0 saturated carbocycles. The van der Waals surface area contributed by atoms with Gasteiger partial charge in [0.2, 0.25) is 5.89 Å². The normalized spacial score (nSPS) is 12.6. The number of aromatic nitrogens is 1. The number of benzene rings is 1. The van der Waals surface area contributed by atoms with Crippen molar-refractivity contribution in [2.75, 3.05) is 0 Å². The maximum atomic E-state index is 11.5. The lowest BCUT2D eigenvalue weighted by Gasteiger charge is -2.05. The van der Waals surface area contributed by atoms with Gasteiger partial charge in [0, 0.05) is 6.42 Å². The van der Waals surface area contributed by atoms with E-state index in [0.29, 0.717) is 11.1 Å². The van der Waals surface area contributed by atoms with Crippen LogP contribution in [-0.2, 0) is 9.59 Å². The smallest absolute Gasteiger partial charge is 0.207 e. The Bertz CT molecular complexity index is 624. The number of fused-ring (bicyclic) bond motifs is 1. The van der Waals surface area contributed by atoms with Gasteiger partial charge in [-0.05, 0) is 37.1 Å². The maximum Gasteiger partial charge on any atom is 0.207 e. The number of hydrogen-bond donors (Lipinski definition) is 2. The molecule has 0 spiro atoms. The molecule has 0 aliphatic heterocycles. The van der Waals surface area contributed by atoms with Crippen molar-refractivity contribution in [1.29, 1.82) is 0 Å². The number of carbonyl (C=O) groups excluding carboxylic acids is 2. The summed E-state index contributed by atoms with van der Waals surface area (Å²) in [4.78, 5) is 26.8. The summed E-state index contributed by atoms with van der Waals surface area (Å²) < 4.78 is 5.56. The first-order valence-electron chi connectivity index (χ1n) is 5.70. The first-order valence-corrected chi connectivity index (χ1v) is 6.60. The van der Waals surface area contributed by atoms with E-state index in [-0.39, 0.29) is 12.3 Å². The molecule has 1 aromatic heterocycles. The summed E-state index contributed by atoms with van der Waals surface area (Å²) in [5, 5.41) is -0.857. The average molecular weight is 295 g/mol. The van der Waals surface area contributed by atoms with Gasteiger partial charge in [0.15, 0.2) is 15.8 Å². The molecule has 1 atom stereocenters. The van der Waals surface area contributed by atoms with Gasteiger partial charge in [-0.15, -0.1) is 25.3 Å². The Morgan fingerprint density at radius 2 is 1.89 bits per heavy atom. The number of carbonyl (C=O) groups is 2. The van der Waals surface area contributed by atoms with Crippen molar-refractivity contribution in [2.45, 2.75) is 26.2 Å². The van der Waals surface area contributed by atoms with Crippen LogP contribution in [0.4, 0.5) is 0 Å². The summed E-state index contributed by atoms with van der Waals surface area (Å²) in [5.41, 5.74) is 3.44. The second-order valence-electron chi connectivity index (χ2n) is 4.44. The second-order valence-corrected chi connectivity index (χ2v) is 5.38. The molecular weight excluding hydrogens is 282 g/mol. The molecule has 19 heavy (non-hydrogen) atoms. The van der Waals surface area contributed by atoms with E-state index < -0.39 is 16.1 Å². The monoisotopic (exact) mass is 295 g/mol. The van der Waals surface area contributed by atoms with Crippen molar-refractivity contribution in [3.05, 3.63) is 29.2 Å². The van der Waals surface area contributed by atoms with Crippen LogP contribution < -0.4 is 0 Å². The van der Waals surface area contributed by atoms with Gasteiger partial charge in [0.1, 0.15) is 11.4 Å². The van der Waals surface area contributed by atoms with Crippen LogP contribution in [0.15, 0.2) is 16.5 Å². The molecule has 0 saturated heterocycles. The van der Waals surface area contributed by atoms with Crippen LogP contribution in [0.3, 0.4) is 0 Å². The van der Waals surface area contributed by atoms with Crippen LogP contribution >= 0.6 is 25.3 Å². The molecule has 0 radical (unpaired) electrons. The first-order chi connectivity index (χ1) is 8.88. The molecule has 0 aliphatic carbocycles. The molecule has 0 bridgehead atoms. The zero-order valence-corrected chi connectivity index (χ0v) is 12.3. The lowest BCUT2D eigenvalue weighted by atomic mass is 10.1. The van der Waals surface area contributed by atoms with Gasteiger partial charge in [-0.3, -0.25) is 9.59 Å². The lowest BCUT2D eigenvalue weighted by molar-refractivity contribution is -0.117. The minimum absolute atomic E-state index is 0.0732. The van der Waals surface area contributed by atoms with E-state index in [1.807, 2.05) is 26.0 Å². The van der Waals surface area contributed by atoms with Crippen molar-refractivity contribution >= 4 is 46.6 Å². The summed E-state index contributed by atoms with van der Waals surface area (Å²) in [6, 6.07) is 3.75. The van der Waals surface area contributed by atoms with Gasteiger partial charge in [-0.2, -0.15) is 0 Å². The van der Waals surface area contributed by atoms with Gasteiger partial charge in [0.05, 0.1) is 0 Å². The van der Waals surface area contributed by atoms with E-state index in [2.05, 4.69) is 30.2 Å². The number of oxazole rings is 1. The summed E-state index contributed by atoms with van der Waals surface area (Å²) in [6.45, 7) is 3.94. The summed E-state index contributed by atoms with van der Waals surface area (Å²) in [5.74, 6) is -0.580. The van der Waals surface area contributed by atoms with Crippen LogP contribution in [0, 0.1) is 13.8 Å². The largest absolute Gasteiger partial charge is 0.440 e. The van der Waals surface area contributed by atoms with E-state index >= 15 is 0 Å². The Labute approximate surface area is 121 Å². The molecule has 0 fully saturated rings. The van der Waals surface area contributed by atoms with Crippen molar-refractivity contribution in [3.8, 4) is 0 Å². The van der Waals surface area contributed by atoms with Crippen LogP contribution in [0.1, 0.15) is 29.4 Å². The molecule has 1 unspecified atom stereocenters. The zero-order chi connectivity index (χ0) is 14.2. The highest BCUT2D eigenvalue weighted by Gasteiger charge is 2.25. The van der Waals surface area contributed by atoms with E-state index in [1.165, 1.54) is 0 Å². The quantitative estimate of drug-likeness (QED) is 0.852. The molecule has 1 aromatic carbocycles. The fourth-order valence-corrected chi connectivity index (χ4v) is 2.19. The second kappa shape index (κ2) is 5.38. The standard InChI is InChI=1S/C13H13NO3S2/c1-6-3-9-10(4-7(6)2)17-12(14-9)8(13(16)19)5-11(15)18/h3-4,8H,5H2,1-2H3,(H,15,18)(H,16,19). The highest BCUT2D eigenvalue weighted by molar-refractivity contribution is 7.97. The molecule has 100 valence electrons. The Kier molecular flexibility index (Phi) is 4.01. The van der Waals surface area contributed by atoms with Crippen molar-refractivity contribution in [1.82, 2.24) is 4.98 Å². The number of hydrogen-bond acceptors (Lipinski definition) is 4. The van der Waals surface area contributed by atoms with Crippen LogP contribution in [0.5, 0.6) is 0 Å². The molecule has 1 heterocycles. The number of thiol groups is 2. The minimum atomic E-state index is -0.790. The third-order valence-corrected chi connectivity index (χ3v) is 3.49. The van der Waals surface area contributed by atoms with Crippen LogP contribution in [-0.4, -0.2) is 15.2 Å². The molecule has 0 aliphatic rings. The summed E-state index contributed by atoms with van der Waals surface area (Å²) >= 11 is 7.46. The van der Waals surface area contributed by atoms with Gasteiger partial charge < -0.3 is 4.42 Å². The molecule has 4 nitrogen and oxygen atoms in total. The Hall–Kier alpha value is -1.27. The minimum Gasteiger partial charge on any atom is -0.440 e. The van der Waals surface area contributed by atoms with Crippen LogP contribution in [0.2, 0.25) is 0 Å². The fourth-order valence-electron chi connectivity index (χ4n) is 1.80. The topological polar surface area (TPSA) is 60.2 Å². The predicted octanol–water partition coefficient (Wildman–Crippen LogP) is 2.83. The number of aryl methyl sites for hydroxylation is 2. The molecule has 2 rings (SSSR count). The number of rotatable bonds is 4. The zero-order valence-electron chi connectivity index (χ0n) is 10.5. The third kappa shape index (κ3) is 3.01. The highest BCUT2D eigenvalue weighted by Crippen LogP contribution is 2.28.